The quantitative estimate of drug-likeness (QED) is 0.147. The van der Waals surface area contributed by atoms with Crippen molar-refractivity contribution >= 4 is 79.0 Å². The van der Waals surface area contributed by atoms with E-state index < -0.39 is 30.9 Å². The zero-order chi connectivity index (χ0) is 76.7. The van der Waals surface area contributed by atoms with Crippen molar-refractivity contribution in [3.63, 3.8) is 0 Å². The number of para-hydroxylation sites is 2. The Morgan fingerprint density at radius 2 is 0.541 bits per heavy atom. The minimum atomic E-state index is -0.485. The molecule has 494 valence electrons. The third kappa shape index (κ3) is 12.0. The summed E-state index contributed by atoms with van der Waals surface area (Å²) in [6.45, 7) is 47.5. The van der Waals surface area contributed by atoms with Gasteiger partial charge in [-0.1, -0.05) is 303 Å². The van der Waals surface area contributed by atoms with E-state index in [1.54, 1.807) is 4.57 Å². The highest BCUT2D eigenvalue weighted by atomic mass is 15.2. The van der Waals surface area contributed by atoms with Gasteiger partial charge in [-0.2, -0.15) is 0 Å². The molecule has 98 heavy (non-hydrogen) atoms. The van der Waals surface area contributed by atoms with Crippen LogP contribution in [0.3, 0.4) is 0 Å². The first-order valence-electron chi connectivity index (χ1n) is 39.2. The van der Waals surface area contributed by atoms with E-state index in [-0.39, 0.29) is 83.9 Å². The van der Waals surface area contributed by atoms with E-state index >= 15 is 0 Å². The van der Waals surface area contributed by atoms with E-state index in [9.17, 15) is 5.48 Å². The maximum Gasteiger partial charge on any atom is 0.252 e. The Kier molecular flexibility index (Phi) is 13.5. The van der Waals surface area contributed by atoms with E-state index in [1.165, 1.54) is 44.5 Å². The molecule has 3 nitrogen and oxygen atoms in total. The molecule has 0 aliphatic carbocycles. The van der Waals surface area contributed by atoms with Crippen LogP contribution in [0.4, 0.5) is 34.1 Å². The average Bonchev–Trinajstić information content (AvgIpc) is 1.60. The summed E-state index contributed by atoms with van der Waals surface area (Å²) in [5.41, 5.74) is 26.2. The number of nitrogens with zero attached hydrogens (tertiary/aromatic N) is 3. The summed E-state index contributed by atoms with van der Waals surface area (Å²) in [6, 6.07) is 63.0. The molecule has 0 radical (unpaired) electrons. The summed E-state index contributed by atoms with van der Waals surface area (Å²) in [7, 11) is 0. The van der Waals surface area contributed by atoms with Crippen LogP contribution in [0.1, 0.15) is 195 Å². The number of rotatable bonds is 7. The smallest absolute Gasteiger partial charge is 0.252 e. The molecule has 4 heteroatoms. The number of aromatic nitrogens is 1. The normalized spacial score (nSPS) is 14.8. The Labute approximate surface area is 598 Å². The minimum Gasteiger partial charge on any atom is -0.311 e. The van der Waals surface area contributed by atoms with Crippen LogP contribution in [-0.4, -0.2) is 11.3 Å². The van der Waals surface area contributed by atoms with Crippen molar-refractivity contribution in [1.82, 2.24) is 4.57 Å². The van der Waals surface area contributed by atoms with Crippen molar-refractivity contribution in [3.8, 4) is 50.2 Å². The molecule has 0 spiro atoms. The summed E-state index contributed by atoms with van der Waals surface area (Å²) in [5, 5.41) is 0.0580. The van der Waals surface area contributed by atoms with Crippen LogP contribution in [0, 0.1) is 0 Å². The molecular formula is C94H100BN3. The summed E-state index contributed by atoms with van der Waals surface area (Å²) in [4.78, 5) is 4.86. The number of hydrogen-bond donors (Lipinski definition) is 0. The monoisotopic (exact) mass is 1290 g/mol. The van der Waals surface area contributed by atoms with Gasteiger partial charge in [0.1, 0.15) is 0 Å². The number of hydrogen-bond acceptors (Lipinski definition) is 2. The van der Waals surface area contributed by atoms with Crippen molar-refractivity contribution in [2.24, 2.45) is 0 Å². The van der Waals surface area contributed by atoms with Crippen LogP contribution >= 0.6 is 0 Å². The maximum atomic E-state index is 9.70. The Hall–Kier alpha value is -9.12. The van der Waals surface area contributed by atoms with Crippen molar-refractivity contribution in [1.29, 1.82) is 0 Å². The molecule has 0 saturated heterocycles. The van der Waals surface area contributed by atoms with Crippen LogP contribution in [-0.2, 0) is 37.9 Å². The van der Waals surface area contributed by atoms with Gasteiger partial charge in [0.05, 0.1) is 22.0 Å². The van der Waals surface area contributed by atoms with Gasteiger partial charge in [0.2, 0.25) is 0 Å². The van der Waals surface area contributed by atoms with Gasteiger partial charge < -0.3 is 14.4 Å². The third-order valence-corrected chi connectivity index (χ3v) is 20.7. The lowest BCUT2D eigenvalue weighted by Crippen LogP contribution is -2.61. The first-order valence-corrected chi connectivity index (χ1v) is 35.2. The van der Waals surface area contributed by atoms with Crippen molar-refractivity contribution in [2.45, 2.75) is 183 Å². The molecule has 14 rings (SSSR count). The molecule has 0 fully saturated rings. The first kappa shape index (κ1) is 56.9. The highest BCUT2D eigenvalue weighted by Crippen LogP contribution is 2.50. The number of benzene rings is 11. The predicted molar refractivity (Wildman–Crippen MR) is 427 cm³/mol. The zero-order valence-corrected chi connectivity index (χ0v) is 61.7. The molecule has 2 aliphatic heterocycles. The van der Waals surface area contributed by atoms with Crippen LogP contribution in [0.5, 0.6) is 0 Å². The predicted octanol–water partition coefficient (Wildman–Crippen LogP) is 24.6. The maximum absolute atomic E-state index is 9.70. The van der Waals surface area contributed by atoms with Crippen molar-refractivity contribution < 1.29 is 11.0 Å². The van der Waals surface area contributed by atoms with E-state index in [2.05, 4.69) is 325 Å². The molecule has 11 aromatic carbocycles. The summed E-state index contributed by atoms with van der Waals surface area (Å²) in [5.74, 6) is 0. The second-order valence-corrected chi connectivity index (χ2v) is 35.1. The van der Waals surface area contributed by atoms with Crippen molar-refractivity contribution in [2.75, 3.05) is 9.80 Å². The summed E-state index contributed by atoms with van der Waals surface area (Å²) >= 11 is 0. The first-order chi connectivity index (χ1) is 49.3. The Morgan fingerprint density at radius 3 is 0.908 bits per heavy atom. The van der Waals surface area contributed by atoms with Gasteiger partial charge in [-0.25, -0.2) is 0 Å². The van der Waals surface area contributed by atoms with Crippen LogP contribution in [0.25, 0.3) is 72.0 Å². The lowest BCUT2D eigenvalue weighted by atomic mass is 9.33. The van der Waals surface area contributed by atoms with Gasteiger partial charge in [0.15, 0.2) is 0 Å². The molecule has 0 unspecified atom stereocenters. The van der Waals surface area contributed by atoms with Crippen molar-refractivity contribution in [3.05, 3.63) is 263 Å². The van der Waals surface area contributed by atoms with E-state index in [0.717, 1.165) is 89.5 Å². The van der Waals surface area contributed by atoms with Gasteiger partial charge in [-0.05, 0) is 204 Å². The standard InChI is InChI=1S/C94H100BN3/c1-88(2,3)67-37-30-59(31-38-67)66-53-85-87-86(54-66)97(75-41-34-61(35-42-75)64-48-70(91(10,11)12)56-71(49-64)92(13,14)15)84-58-76(98-81-28-24-22-26-77(81)78-27-23-25-29-82(78)98)43-45-80(84)95(87)79-44-36-62(65-50-72(93(16,17)18)57-73(51-65)94(19,20)21)52-83(79)96(85)74-39-32-60(33-40-74)63-46-68(89(4,5)6)55-69(47-63)90(7,8)9/h22-58H,1-21H3/i22D,23D,24D,25D,26D,27D,28D,29D. The molecule has 0 amide bonds. The average molecular weight is 1290 g/mol. The number of anilines is 6. The van der Waals surface area contributed by atoms with Gasteiger partial charge in [-0.3, -0.25) is 0 Å². The fraction of sp³-hybridized carbons (Fsp3) is 0.298. The molecular weight excluding hydrogens is 1180 g/mol. The molecule has 0 N–H and O–H groups in total. The van der Waals surface area contributed by atoms with Gasteiger partial charge in [-0.15, -0.1) is 0 Å². The van der Waals surface area contributed by atoms with Crippen LogP contribution < -0.4 is 26.2 Å². The molecule has 0 bridgehead atoms. The third-order valence-electron chi connectivity index (χ3n) is 20.7. The molecule has 1 aromatic heterocycles. The fourth-order valence-corrected chi connectivity index (χ4v) is 14.4. The molecule has 2 aliphatic rings. The van der Waals surface area contributed by atoms with E-state index in [4.69, 9.17) is 5.48 Å². The van der Waals surface area contributed by atoms with E-state index in [1.807, 2.05) is 6.07 Å². The topological polar surface area (TPSA) is 11.4 Å². The second kappa shape index (κ2) is 23.3. The summed E-state index contributed by atoms with van der Waals surface area (Å²) < 4.78 is 76.2. The second-order valence-electron chi connectivity index (χ2n) is 35.1. The van der Waals surface area contributed by atoms with Gasteiger partial charge in [0, 0.05) is 50.6 Å². The fourth-order valence-electron chi connectivity index (χ4n) is 14.4. The lowest BCUT2D eigenvalue weighted by molar-refractivity contribution is 0.568. The summed E-state index contributed by atoms with van der Waals surface area (Å²) in [6.07, 6.45) is 0. The largest absolute Gasteiger partial charge is 0.311 e. The Morgan fingerprint density at radius 1 is 0.255 bits per heavy atom. The molecule has 12 aromatic rings. The highest BCUT2D eigenvalue weighted by Gasteiger charge is 2.44. The minimum absolute atomic E-state index is 0.0290. The van der Waals surface area contributed by atoms with E-state index in [0.29, 0.717) is 5.69 Å². The Bertz CT molecular complexity index is 5420. The molecule has 3 heterocycles. The Balaban J connectivity index is 1.11. The van der Waals surface area contributed by atoms with Gasteiger partial charge in [0.25, 0.3) is 6.71 Å². The van der Waals surface area contributed by atoms with Crippen LogP contribution in [0.2, 0.25) is 0 Å². The molecule has 0 atom stereocenters. The van der Waals surface area contributed by atoms with Crippen LogP contribution in [0.15, 0.2) is 224 Å². The SMILES string of the molecule is [2H]c1c([2H])c([2H])c2c(c1[2H])c1c([2H])c([2H])c([2H])c([2H])c1n2-c1ccc2c(c1)N(c1ccc(-c3cc(C(C)(C)C)cc(C(C)(C)C)c3)cc1)c1cc(-c3ccc(C(C)(C)C)cc3)cc3c1B2c1ccc(-c2cc(C(C)(C)C)cc(C(C)(C)C)c2)cc1N3c1ccc(-c2cc(C(C)(C)C)cc(C(C)(C)C)c2)cc1. The zero-order valence-electron chi connectivity index (χ0n) is 69.7. The molecule has 0 saturated carbocycles. The highest BCUT2D eigenvalue weighted by molar-refractivity contribution is 7.00. The lowest BCUT2D eigenvalue weighted by Gasteiger charge is -2.44. The van der Waals surface area contributed by atoms with Gasteiger partial charge >= 0.3 is 0 Å². The number of fused-ring (bicyclic) bond motifs is 7.